The Morgan fingerprint density at radius 1 is 0.522 bits per heavy atom. The summed E-state index contributed by atoms with van der Waals surface area (Å²) >= 11 is -1.33. The molecule has 2 heterocycles. The Morgan fingerprint density at radius 3 is 1.20 bits per heavy atom. The summed E-state index contributed by atoms with van der Waals surface area (Å²) in [6.07, 6.45) is 0. The van der Waals surface area contributed by atoms with E-state index in [1.165, 1.54) is 21.8 Å². The van der Waals surface area contributed by atoms with Crippen molar-refractivity contribution in [3.05, 3.63) is 107 Å². The van der Waals surface area contributed by atoms with Gasteiger partial charge in [-0.3, -0.25) is 0 Å². The zero-order valence-corrected chi connectivity index (χ0v) is 31.7. The van der Waals surface area contributed by atoms with Crippen molar-refractivity contribution in [2.45, 2.75) is 41.5 Å². The third kappa shape index (κ3) is 10.4. The molecule has 0 saturated carbocycles. The van der Waals surface area contributed by atoms with Crippen LogP contribution in [0.25, 0.3) is 44.6 Å². The standard InChI is InChI=1S/2C18H20NO.5ClH.Fe/c2*1-4-19(5-2)16-9-8-15-11-14-7-6-13(3)10-17(14)20-18(15)12-16;;;;;;/h2*6-12H,4-5H2,1-3H3;5*1H;/q2*+1;;;;;;+3/p-5. The van der Waals surface area contributed by atoms with Gasteiger partial charge < -0.3 is 33.6 Å². The van der Waals surface area contributed by atoms with Crippen molar-refractivity contribution in [1.82, 2.24) is 9.15 Å². The number of halogens is 5. The van der Waals surface area contributed by atoms with E-state index in [-0.39, 0.29) is 24.8 Å². The van der Waals surface area contributed by atoms with Gasteiger partial charge in [-0.1, -0.05) is 24.3 Å². The third-order valence-electron chi connectivity index (χ3n) is 7.65. The SMILES string of the molecule is CC[N+](CC)=c1ccc2cc3ccc(C)cc3oc-2c1.CC[N+](CC)=c1ccc2cc3ccc(C)cc3oc-2c1.[Cl-].[Cl-].[Cl][Fe]([Cl])[Cl]. The van der Waals surface area contributed by atoms with Gasteiger partial charge in [0.05, 0.1) is 12.1 Å². The number of rotatable bonds is 4. The zero-order chi connectivity index (χ0) is 31.8. The van der Waals surface area contributed by atoms with Crippen LogP contribution in [0.2, 0.25) is 0 Å². The zero-order valence-electron chi connectivity index (χ0n) is 26.9. The van der Waals surface area contributed by atoms with Crippen molar-refractivity contribution in [2.75, 3.05) is 26.2 Å². The number of aryl methyl sites for hydroxylation is 2. The van der Waals surface area contributed by atoms with Gasteiger partial charge in [-0.05, 0) is 89.1 Å². The molecule has 0 bridgehead atoms. The predicted molar refractivity (Wildman–Crippen MR) is 185 cm³/mol. The summed E-state index contributed by atoms with van der Waals surface area (Å²) in [5, 5.41) is 4.74. The van der Waals surface area contributed by atoms with E-state index in [0.717, 1.165) is 70.8 Å². The molecule has 2 aliphatic carbocycles. The van der Waals surface area contributed by atoms with Crippen LogP contribution < -0.4 is 44.7 Å². The maximum atomic E-state index is 6.08. The van der Waals surface area contributed by atoms with Gasteiger partial charge in [0.2, 0.25) is 10.7 Å². The summed E-state index contributed by atoms with van der Waals surface area (Å²) in [4.78, 5) is 0. The minimum absolute atomic E-state index is 0. The quantitative estimate of drug-likeness (QED) is 0.157. The number of fused-ring (bicyclic) bond motifs is 4. The van der Waals surface area contributed by atoms with E-state index < -0.39 is 11.2 Å². The van der Waals surface area contributed by atoms with E-state index in [9.17, 15) is 0 Å². The van der Waals surface area contributed by atoms with Crippen molar-refractivity contribution >= 4 is 52.2 Å². The van der Waals surface area contributed by atoms with E-state index in [2.05, 4.69) is 136 Å². The maximum absolute atomic E-state index is 6.08. The molecule has 0 aromatic heterocycles. The predicted octanol–water partition coefficient (Wildman–Crippen LogP) is 3.39. The van der Waals surface area contributed by atoms with Gasteiger partial charge in [-0.25, -0.2) is 9.15 Å². The number of hydrogen-bond donors (Lipinski definition) is 0. The van der Waals surface area contributed by atoms with Gasteiger partial charge in [0, 0.05) is 34.0 Å². The van der Waals surface area contributed by atoms with Crippen molar-refractivity contribution in [3.63, 3.8) is 0 Å². The van der Waals surface area contributed by atoms with Crippen molar-refractivity contribution in [2.24, 2.45) is 0 Å². The Morgan fingerprint density at radius 2 is 0.870 bits per heavy atom. The fraction of sp³-hybridized carbons (Fsp3) is 0.278. The summed E-state index contributed by atoms with van der Waals surface area (Å²) in [6, 6.07) is 30.0. The molecule has 0 N–H and O–H groups in total. The second-order valence-corrected chi connectivity index (χ2v) is 16.0. The van der Waals surface area contributed by atoms with Crippen LogP contribution in [0.15, 0.2) is 93.8 Å². The summed E-state index contributed by atoms with van der Waals surface area (Å²) in [5.41, 5.74) is 6.65. The van der Waals surface area contributed by atoms with Crippen LogP contribution >= 0.6 is 30.3 Å². The first-order valence-corrected chi connectivity index (χ1v) is 19.4. The first-order valence-electron chi connectivity index (χ1n) is 14.9. The monoisotopic (exact) mass is 763 g/mol. The molecule has 2 aliphatic heterocycles. The molecular formula is C36H40Cl5FeN2O2. The van der Waals surface area contributed by atoms with Crippen molar-refractivity contribution in [1.29, 1.82) is 0 Å². The summed E-state index contributed by atoms with van der Waals surface area (Å²) in [7, 11) is 14.7. The topological polar surface area (TPSA) is 32.3 Å². The van der Waals surface area contributed by atoms with Crippen LogP contribution in [0.5, 0.6) is 0 Å². The van der Waals surface area contributed by atoms with Crippen LogP contribution in [0, 0.1) is 13.8 Å². The third-order valence-corrected chi connectivity index (χ3v) is 7.65. The molecule has 4 aliphatic rings. The Balaban J connectivity index is 0.000000276. The fourth-order valence-electron chi connectivity index (χ4n) is 5.30. The van der Waals surface area contributed by atoms with E-state index in [1.807, 2.05) is 0 Å². The summed E-state index contributed by atoms with van der Waals surface area (Å²) < 4.78 is 16.8. The van der Waals surface area contributed by atoms with Gasteiger partial charge in [0.1, 0.15) is 48.9 Å². The summed E-state index contributed by atoms with van der Waals surface area (Å²) in [6.45, 7) is 16.9. The van der Waals surface area contributed by atoms with E-state index in [0.29, 0.717) is 0 Å². The van der Waals surface area contributed by atoms with Crippen LogP contribution in [0.3, 0.4) is 0 Å². The Hall–Kier alpha value is -2.21. The molecule has 0 radical (unpaired) electrons. The van der Waals surface area contributed by atoms with Crippen molar-refractivity contribution in [3.8, 4) is 22.6 Å². The Bertz CT molecular complexity index is 1800. The molecule has 0 amide bonds. The van der Waals surface area contributed by atoms with Crippen LogP contribution in [-0.2, 0) is 11.2 Å². The number of benzene rings is 4. The number of nitrogens with zero attached hydrogens (tertiary/aromatic N) is 2. The molecule has 2 aromatic carbocycles. The fourth-order valence-corrected chi connectivity index (χ4v) is 5.30. The minimum atomic E-state index is -1.33. The van der Waals surface area contributed by atoms with E-state index in [1.54, 1.807) is 0 Å². The molecule has 249 valence electrons. The molecule has 0 fully saturated rings. The van der Waals surface area contributed by atoms with Gasteiger partial charge in [-0.2, -0.15) is 0 Å². The molecule has 2 aromatic rings. The molecule has 46 heavy (non-hydrogen) atoms. The molecule has 0 saturated heterocycles. The normalized spacial score (nSPS) is 10.7. The van der Waals surface area contributed by atoms with E-state index >= 15 is 0 Å². The Kier molecular flexibility index (Phi) is 16.5. The molecule has 10 heteroatoms. The van der Waals surface area contributed by atoms with Gasteiger partial charge >= 0.3 is 41.5 Å². The van der Waals surface area contributed by atoms with Crippen LogP contribution in [0.4, 0.5) is 0 Å². The van der Waals surface area contributed by atoms with Crippen molar-refractivity contribution < 1.29 is 44.8 Å². The second kappa shape index (κ2) is 19.0. The van der Waals surface area contributed by atoms with Gasteiger partial charge in [0.15, 0.2) is 0 Å². The Labute approximate surface area is 301 Å². The molecule has 0 atom stereocenters. The number of hydrogen-bond acceptors (Lipinski definition) is 2. The molecular weight excluding hydrogens is 726 g/mol. The van der Waals surface area contributed by atoms with Gasteiger partial charge in [0.25, 0.3) is 0 Å². The molecule has 4 nitrogen and oxygen atoms in total. The molecule has 0 spiro atoms. The average Bonchev–Trinajstić information content (AvgIpc) is 3.00. The second-order valence-electron chi connectivity index (χ2n) is 10.5. The first kappa shape index (κ1) is 40.0. The average molecular weight is 766 g/mol. The summed E-state index contributed by atoms with van der Waals surface area (Å²) in [5.74, 6) is 1.90. The van der Waals surface area contributed by atoms with E-state index in [4.69, 9.17) is 39.1 Å². The first-order chi connectivity index (χ1) is 21.1. The molecule has 0 unspecified atom stereocenters. The van der Waals surface area contributed by atoms with Gasteiger partial charge in [-0.15, -0.1) is 0 Å². The van der Waals surface area contributed by atoms with Crippen LogP contribution in [-0.4, -0.2) is 26.2 Å². The molecule has 6 rings (SSSR count). The van der Waals surface area contributed by atoms with Crippen LogP contribution in [0.1, 0.15) is 38.8 Å².